The average molecular weight is 502 g/mol. The lowest BCUT2D eigenvalue weighted by Gasteiger charge is -2.38. The largest absolute Gasteiger partial charge is 0.486 e. The molecule has 1 aromatic heterocycles. The Bertz CT molecular complexity index is 1280. The Morgan fingerprint density at radius 2 is 1.83 bits per heavy atom. The highest BCUT2D eigenvalue weighted by molar-refractivity contribution is 7.09. The molecule has 186 valence electrons. The van der Waals surface area contributed by atoms with Crippen molar-refractivity contribution in [3.8, 4) is 5.75 Å². The highest BCUT2D eigenvalue weighted by Crippen LogP contribution is 2.41. The molecule has 1 saturated carbocycles. The van der Waals surface area contributed by atoms with Crippen LogP contribution in [0.15, 0.2) is 47.8 Å². The van der Waals surface area contributed by atoms with Gasteiger partial charge in [0.1, 0.15) is 23.1 Å². The minimum absolute atomic E-state index is 0.0186. The van der Waals surface area contributed by atoms with Crippen LogP contribution in [0.5, 0.6) is 5.75 Å². The second-order valence-corrected chi connectivity index (χ2v) is 11.1. The van der Waals surface area contributed by atoms with Gasteiger partial charge in [-0.15, -0.1) is 11.3 Å². The lowest BCUT2D eigenvalue weighted by molar-refractivity contribution is -0.134. The SMILES string of the molecule is Cc1ccc([C@H]2c3cc(OCc4nc(C(=O)N5CCCC5)cs4)ccc3CCN2C(=O)C2CC2)cc1. The van der Waals surface area contributed by atoms with Crippen LogP contribution in [0.2, 0.25) is 0 Å². The van der Waals surface area contributed by atoms with E-state index in [1.807, 2.05) is 16.3 Å². The number of likely N-dealkylation sites (tertiary alicyclic amines) is 1. The van der Waals surface area contributed by atoms with Crippen LogP contribution in [-0.2, 0) is 17.8 Å². The number of hydrogen-bond donors (Lipinski definition) is 0. The van der Waals surface area contributed by atoms with Crippen molar-refractivity contribution < 1.29 is 14.3 Å². The molecular formula is C29H31N3O3S. The first-order valence-corrected chi connectivity index (χ1v) is 13.8. The van der Waals surface area contributed by atoms with Crippen LogP contribution in [0, 0.1) is 12.8 Å². The van der Waals surface area contributed by atoms with Crippen molar-refractivity contribution in [3.63, 3.8) is 0 Å². The predicted octanol–water partition coefficient (Wildman–Crippen LogP) is 5.15. The molecule has 6 nitrogen and oxygen atoms in total. The van der Waals surface area contributed by atoms with Crippen LogP contribution in [0.25, 0.3) is 0 Å². The van der Waals surface area contributed by atoms with Gasteiger partial charge < -0.3 is 14.5 Å². The van der Waals surface area contributed by atoms with Gasteiger partial charge in [0.2, 0.25) is 5.91 Å². The Balaban J connectivity index is 1.23. The standard InChI is InChI=1S/C29H31N3O3S/c1-19-4-6-21(7-5-19)27-24-16-23(11-10-20(24)12-15-32(27)28(33)22-8-9-22)35-17-26-30-25(18-36-26)29(34)31-13-2-3-14-31/h4-7,10-11,16,18,22,27H,2-3,8-9,12-15,17H2,1H3/t27-/m0/s1. The Morgan fingerprint density at radius 1 is 1.06 bits per heavy atom. The molecule has 2 amide bonds. The summed E-state index contributed by atoms with van der Waals surface area (Å²) < 4.78 is 6.16. The van der Waals surface area contributed by atoms with E-state index >= 15 is 0 Å². The minimum atomic E-state index is -0.101. The van der Waals surface area contributed by atoms with E-state index in [-0.39, 0.29) is 23.8 Å². The molecule has 2 aliphatic heterocycles. The van der Waals surface area contributed by atoms with Crippen molar-refractivity contribution in [1.82, 2.24) is 14.8 Å². The molecule has 0 spiro atoms. The zero-order valence-electron chi connectivity index (χ0n) is 20.6. The van der Waals surface area contributed by atoms with E-state index < -0.39 is 0 Å². The number of fused-ring (bicyclic) bond motifs is 1. The summed E-state index contributed by atoms with van der Waals surface area (Å²) >= 11 is 1.46. The van der Waals surface area contributed by atoms with Crippen molar-refractivity contribution in [3.05, 3.63) is 80.8 Å². The molecule has 7 heteroatoms. The topological polar surface area (TPSA) is 62.7 Å². The quantitative estimate of drug-likeness (QED) is 0.469. The molecule has 1 saturated heterocycles. The van der Waals surface area contributed by atoms with Gasteiger partial charge in [-0.1, -0.05) is 35.9 Å². The zero-order chi connectivity index (χ0) is 24.6. The molecule has 0 unspecified atom stereocenters. The fourth-order valence-electron chi connectivity index (χ4n) is 5.30. The number of amides is 2. The van der Waals surface area contributed by atoms with Gasteiger partial charge in [0.05, 0.1) is 6.04 Å². The number of thiazole rings is 1. The second-order valence-electron chi connectivity index (χ2n) is 10.1. The summed E-state index contributed by atoms with van der Waals surface area (Å²) in [6.07, 6.45) is 4.99. The number of ether oxygens (including phenoxy) is 1. The molecule has 0 radical (unpaired) electrons. The van der Waals surface area contributed by atoms with Crippen molar-refractivity contribution in [2.45, 2.75) is 51.7 Å². The van der Waals surface area contributed by atoms with Gasteiger partial charge in [0.25, 0.3) is 5.91 Å². The molecule has 3 heterocycles. The summed E-state index contributed by atoms with van der Waals surface area (Å²) in [7, 11) is 0. The van der Waals surface area contributed by atoms with E-state index in [1.54, 1.807) is 0 Å². The van der Waals surface area contributed by atoms with Crippen molar-refractivity contribution in [2.24, 2.45) is 5.92 Å². The van der Waals surface area contributed by atoms with E-state index in [4.69, 9.17) is 4.74 Å². The number of aryl methyl sites for hydroxylation is 1. The van der Waals surface area contributed by atoms with Gasteiger partial charge in [-0.3, -0.25) is 9.59 Å². The number of nitrogens with zero attached hydrogens (tertiary/aromatic N) is 3. The highest BCUT2D eigenvalue weighted by atomic mass is 32.1. The molecule has 1 aliphatic carbocycles. The summed E-state index contributed by atoms with van der Waals surface area (Å²) in [5.74, 6) is 1.23. The number of hydrogen-bond acceptors (Lipinski definition) is 5. The molecule has 36 heavy (non-hydrogen) atoms. The molecule has 1 atom stereocenters. The van der Waals surface area contributed by atoms with Crippen molar-refractivity contribution >= 4 is 23.2 Å². The maximum atomic E-state index is 13.2. The lowest BCUT2D eigenvalue weighted by Crippen LogP contribution is -2.41. The number of benzene rings is 2. The maximum absolute atomic E-state index is 13.2. The van der Waals surface area contributed by atoms with Gasteiger partial charge in [-0.2, -0.15) is 0 Å². The van der Waals surface area contributed by atoms with Crippen LogP contribution in [0.1, 0.15) is 69.5 Å². The maximum Gasteiger partial charge on any atom is 0.273 e. The van der Waals surface area contributed by atoms with E-state index in [1.165, 1.54) is 22.5 Å². The first-order chi connectivity index (χ1) is 17.6. The average Bonchev–Trinajstić information content (AvgIpc) is 3.39. The van der Waals surface area contributed by atoms with E-state index in [0.29, 0.717) is 12.3 Å². The Labute approximate surface area is 215 Å². The van der Waals surface area contributed by atoms with Crippen LogP contribution >= 0.6 is 11.3 Å². The van der Waals surface area contributed by atoms with Gasteiger partial charge in [0.15, 0.2) is 0 Å². The summed E-state index contributed by atoms with van der Waals surface area (Å²) in [5, 5.41) is 2.62. The molecule has 3 aromatic rings. The van der Waals surface area contributed by atoms with Gasteiger partial charge in [-0.25, -0.2) is 4.98 Å². The third-order valence-corrected chi connectivity index (χ3v) is 8.30. The van der Waals surface area contributed by atoms with Crippen LogP contribution < -0.4 is 4.74 Å². The minimum Gasteiger partial charge on any atom is -0.486 e. The third kappa shape index (κ3) is 4.64. The van der Waals surface area contributed by atoms with Crippen molar-refractivity contribution in [2.75, 3.05) is 19.6 Å². The Morgan fingerprint density at radius 3 is 2.58 bits per heavy atom. The van der Waals surface area contributed by atoms with Gasteiger partial charge in [-0.05, 0) is 67.9 Å². The number of carbonyl (C=O) groups excluding carboxylic acids is 2. The number of aromatic nitrogens is 1. The highest BCUT2D eigenvalue weighted by Gasteiger charge is 2.39. The normalized spacial score (nSPS) is 19.3. The van der Waals surface area contributed by atoms with E-state index in [2.05, 4.69) is 53.2 Å². The van der Waals surface area contributed by atoms with Crippen molar-refractivity contribution in [1.29, 1.82) is 0 Å². The van der Waals surface area contributed by atoms with Gasteiger partial charge in [0, 0.05) is 30.9 Å². The first-order valence-electron chi connectivity index (χ1n) is 12.9. The van der Waals surface area contributed by atoms with Gasteiger partial charge >= 0.3 is 0 Å². The fraction of sp³-hybridized carbons (Fsp3) is 0.414. The molecule has 0 bridgehead atoms. The zero-order valence-corrected chi connectivity index (χ0v) is 21.4. The van der Waals surface area contributed by atoms with Crippen LogP contribution in [-0.4, -0.2) is 46.2 Å². The molecule has 0 N–H and O–H groups in total. The fourth-order valence-corrected chi connectivity index (χ4v) is 5.98. The Hall–Kier alpha value is -3.19. The Kier molecular flexibility index (Phi) is 6.25. The van der Waals surface area contributed by atoms with E-state index in [0.717, 1.165) is 73.6 Å². The molecule has 6 rings (SSSR count). The molecule has 2 fully saturated rings. The molecular weight excluding hydrogens is 470 g/mol. The number of rotatable bonds is 6. The first kappa shape index (κ1) is 23.2. The summed E-state index contributed by atoms with van der Waals surface area (Å²) in [6.45, 7) is 4.78. The summed E-state index contributed by atoms with van der Waals surface area (Å²) in [5.41, 5.74) is 5.26. The van der Waals surface area contributed by atoms with Crippen LogP contribution in [0.4, 0.5) is 0 Å². The lowest BCUT2D eigenvalue weighted by atomic mass is 9.87. The third-order valence-electron chi connectivity index (χ3n) is 7.47. The molecule has 2 aromatic carbocycles. The monoisotopic (exact) mass is 501 g/mol. The molecule has 3 aliphatic rings. The second kappa shape index (κ2) is 9.69. The smallest absolute Gasteiger partial charge is 0.273 e. The van der Waals surface area contributed by atoms with E-state index in [9.17, 15) is 9.59 Å². The summed E-state index contributed by atoms with van der Waals surface area (Å²) in [6, 6.07) is 14.7. The summed E-state index contributed by atoms with van der Waals surface area (Å²) in [4.78, 5) is 34.3. The predicted molar refractivity (Wildman–Crippen MR) is 139 cm³/mol. The van der Waals surface area contributed by atoms with Crippen LogP contribution in [0.3, 0.4) is 0 Å². The number of carbonyl (C=O) groups is 2.